The van der Waals surface area contributed by atoms with Crippen LogP contribution in [0.15, 0.2) is 66.9 Å². The van der Waals surface area contributed by atoms with E-state index in [2.05, 4.69) is 70.3 Å². The van der Waals surface area contributed by atoms with E-state index in [-0.39, 0.29) is 5.82 Å². The zero-order valence-corrected chi connectivity index (χ0v) is 25.3. The second-order valence-electron chi connectivity index (χ2n) is 12.1. The number of allylic oxidation sites excluding steroid dienone is 1. The molecule has 0 amide bonds. The second-order valence-corrected chi connectivity index (χ2v) is 12.1. The maximum atomic E-state index is 14.4. The summed E-state index contributed by atoms with van der Waals surface area (Å²) in [4.78, 5) is 3.57. The predicted molar refractivity (Wildman–Crippen MR) is 177 cm³/mol. The number of H-pyrrole nitrogens is 2. The summed E-state index contributed by atoms with van der Waals surface area (Å²) in [5, 5.41) is 18.2. The van der Waals surface area contributed by atoms with Gasteiger partial charge in [-0.15, -0.1) is 0 Å². The van der Waals surface area contributed by atoms with Crippen LogP contribution in [0.5, 0.6) is 5.75 Å². The molecule has 224 valence electrons. The summed E-state index contributed by atoms with van der Waals surface area (Å²) >= 11 is 0. The van der Waals surface area contributed by atoms with Crippen LogP contribution in [0, 0.1) is 18.7 Å². The van der Waals surface area contributed by atoms with Crippen LogP contribution >= 0.6 is 0 Å². The normalized spacial score (nSPS) is 17.8. The Morgan fingerprint density at radius 2 is 1.91 bits per heavy atom. The molecule has 1 aliphatic carbocycles. The summed E-state index contributed by atoms with van der Waals surface area (Å²) in [5.74, 6) is 0.975. The summed E-state index contributed by atoms with van der Waals surface area (Å²) in [7, 11) is 1.55. The number of aryl methyl sites for hydroxylation is 1. The molecule has 2 aliphatic rings. The molecule has 0 radical (unpaired) electrons. The highest BCUT2D eigenvalue weighted by atomic mass is 19.1. The Labute approximate surface area is 256 Å². The Hall–Kier alpha value is -4.62. The molecule has 7 heteroatoms. The molecule has 3 heterocycles. The van der Waals surface area contributed by atoms with Gasteiger partial charge in [-0.25, -0.2) is 4.39 Å². The fraction of sp³-hybridized carbons (Fsp3) is 0.270. The van der Waals surface area contributed by atoms with Crippen molar-refractivity contribution in [3.05, 3.63) is 99.9 Å². The van der Waals surface area contributed by atoms with E-state index in [9.17, 15) is 4.39 Å². The molecular formula is C37H38FN5O. The minimum absolute atomic E-state index is 0.331. The summed E-state index contributed by atoms with van der Waals surface area (Å²) in [6, 6.07) is 19.8. The zero-order chi connectivity index (χ0) is 30.0. The Balaban J connectivity index is 1.25. The van der Waals surface area contributed by atoms with Crippen molar-refractivity contribution in [2.24, 2.45) is 5.92 Å². The quantitative estimate of drug-likeness (QED) is 0.175. The molecule has 1 saturated carbocycles. The smallest absolute Gasteiger partial charge is 0.127 e. The van der Waals surface area contributed by atoms with Gasteiger partial charge in [0.1, 0.15) is 17.3 Å². The molecule has 4 N–H and O–H groups in total. The van der Waals surface area contributed by atoms with Gasteiger partial charge >= 0.3 is 0 Å². The summed E-state index contributed by atoms with van der Waals surface area (Å²) in [6.45, 7) is 4.82. The first-order valence-electron chi connectivity index (χ1n) is 15.5. The number of ether oxygens (including phenoxy) is 1. The average molecular weight is 588 g/mol. The van der Waals surface area contributed by atoms with Crippen LogP contribution in [-0.4, -0.2) is 35.4 Å². The van der Waals surface area contributed by atoms with Gasteiger partial charge in [0.25, 0.3) is 0 Å². The number of nitrogens with one attached hydrogen (secondary N) is 4. The Morgan fingerprint density at radius 1 is 1.02 bits per heavy atom. The Morgan fingerprint density at radius 3 is 2.77 bits per heavy atom. The number of methoxy groups -OCH3 is 1. The van der Waals surface area contributed by atoms with E-state index in [1.165, 1.54) is 48.4 Å². The predicted octanol–water partition coefficient (Wildman–Crippen LogP) is 6.17. The van der Waals surface area contributed by atoms with Gasteiger partial charge in [-0.05, 0) is 103 Å². The van der Waals surface area contributed by atoms with E-state index in [0.717, 1.165) is 68.6 Å². The van der Waals surface area contributed by atoms with Crippen LogP contribution in [0.2, 0.25) is 0 Å². The molecule has 0 unspecified atom stereocenters. The molecule has 1 aliphatic heterocycles. The minimum atomic E-state index is -0.331. The van der Waals surface area contributed by atoms with Gasteiger partial charge < -0.3 is 20.4 Å². The fourth-order valence-corrected chi connectivity index (χ4v) is 6.70. The minimum Gasteiger partial charge on any atom is -0.497 e. The van der Waals surface area contributed by atoms with Crippen molar-refractivity contribution in [3.63, 3.8) is 0 Å². The SMILES string of the molecule is COc1cc(F)cc(-c2cccc3[nH]c(-c4n[nH]c5/c4=C\C(c4cc(C)cc(CNCC6CCCC6)c4)=C/NC/C=5)cc23)c1. The number of rotatable bonds is 8. The standard InChI is InChI=1S/C37H38FN5O/c1-23-12-25(21-40-20-24-6-3-4-7-24)14-26(13-23)28-17-33-35(10-11-39-22-28)42-43-37(33)36-19-32-31(8-5-9-34(32)41-36)27-15-29(38)18-30(16-27)44-2/h5,8-10,12-19,22,24,39-42H,3-4,6-7,11,20-21H2,1-2H3/b28-22+,33-17+,35-10-. The van der Waals surface area contributed by atoms with Gasteiger partial charge in [0.2, 0.25) is 0 Å². The van der Waals surface area contributed by atoms with E-state index in [1.54, 1.807) is 13.2 Å². The highest BCUT2D eigenvalue weighted by Crippen LogP contribution is 2.33. The lowest BCUT2D eigenvalue weighted by molar-refractivity contribution is 0.411. The van der Waals surface area contributed by atoms with Crippen LogP contribution in [0.4, 0.5) is 4.39 Å². The topological polar surface area (TPSA) is 77.8 Å². The third kappa shape index (κ3) is 5.80. The maximum Gasteiger partial charge on any atom is 0.127 e. The third-order valence-corrected chi connectivity index (χ3v) is 8.86. The summed E-state index contributed by atoms with van der Waals surface area (Å²) in [6.07, 6.45) is 11.9. The lowest BCUT2D eigenvalue weighted by atomic mass is 9.98. The summed E-state index contributed by atoms with van der Waals surface area (Å²) < 4.78 is 19.8. The molecule has 0 saturated heterocycles. The molecule has 7 rings (SSSR count). The number of hydrogen-bond donors (Lipinski definition) is 4. The van der Waals surface area contributed by atoms with Crippen molar-refractivity contribution < 1.29 is 9.13 Å². The van der Waals surface area contributed by atoms with Crippen LogP contribution < -0.4 is 25.9 Å². The number of halogens is 1. The first-order chi connectivity index (χ1) is 21.5. The number of hydrogen-bond acceptors (Lipinski definition) is 4. The lowest BCUT2D eigenvalue weighted by Gasteiger charge is -2.13. The number of aromatic amines is 2. The molecule has 3 aromatic carbocycles. The molecule has 0 spiro atoms. The third-order valence-electron chi connectivity index (χ3n) is 8.86. The van der Waals surface area contributed by atoms with Crippen molar-refractivity contribution in [2.75, 3.05) is 20.2 Å². The van der Waals surface area contributed by atoms with Gasteiger partial charge in [0, 0.05) is 41.5 Å². The van der Waals surface area contributed by atoms with Crippen molar-refractivity contribution in [3.8, 4) is 28.3 Å². The highest BCUT2D eigenvalue weighted by Gasteiger charge is 2.16. The van der Waals surface area contributed by atoms with Crippen LogP contribution in [-0.2, 0) is 6.54 Å². The van der Waals surface area contributed by atoms with Crippen molar-refractivity contribution in [1.82, 2.24) is 25.8 Å². The van der Waals surface area contributed by atoms with Crippen molar-refractivity contribution >= 4 is 28.6 Å². The fourth-order valence-electron chi connectivity index (χ4n) is 6.70. The summed E-state index contributed by atoms with van der Waals surface area (Å²) in [5.41, 5.74) is 9.20. The first kappa shape index (κ1) is 28.2. The number of nitrogens with zero attached hydrogens (tertiary/aromatic N) is 1. The van der Waals surface area contributed by atoms with Crippen molar-refractivity contribution in [2.45, 2.75) is 39.2 Å². The van der Waals surface area contributed by atoms with Gasteiger partial charge in [-0.2, -0.15) is 5.10 Å². The van der Waals surface area contributed by atoms with Gasteiger partial charge in [0.15, 0.2) is 0 Å². The molecule has 44 heavy (non-hydrogen) atoms. The molecule has 6 nitrogen and oxygen atoms in total. The molecule has 0 atom stereocenters. The second kappa shape index (κ2) is 12.2. The van der Waals surface area contributed by atoms with Gasteiger partial charge in [-0.3, -0.25) is 5.10 Å². The van der Waals surface area contributed by atoms with Crippen LogP contribution in [0.3, 0.4) is 0 Å². The van der Waals surface area contributed by atoms with Crippen LogP contribution in [0.1, 0.15) is 42.4 Å². The first-order valence-corrected chi connectivity index (χ1v) is 15.5. The van der Waals surface area contributed by atoms with Gasteiger partial charge in [0.05, 0.1) is 18.2 Å². The Bertz CT molecular complexity index is 1980. The molecule has 1 fully saturated rings. The molecular weight excluding hydrogens is 549 g/mol. The lowest BCUT2D eigenvalue weighted by Crippen LogP contribution is -2.27. The van der Waals surface area contributed by atoms with E-state index in [1.807, 2.05) is 24.3 Å². The van der Waals surface area contributed by atoms with Crippen molar-refractivity contribution in [1.29, 1.82) is 0 Å². The number of aromatic nitrogens is 3. The molecule has 0 bridgehead atoms. The molecule has 5 aromatic rings. The maximum absolute atomic E-state index is 14.4. The van der Waals surface area contributed by atoms with E-state index in [4.69, 9.17) is 9.84 Å². The highest BCUT2D eigenvalue weighted by molar-refractivity contribution is 5.98. The zero-order valence-electron chi connectivity index (χ0n) is 25.3. The average Bonchev–Trinajstić information content (AvgIpc) is 3.76. The van der Waals surface area contributed by atoms with E-state index >= 15 is 0 Å². The van der Waals surface area contributed by atoms with Crippen LogP contribution in [0.25, 0.3) is 51.1 Å². The van der Waals surface area contributed by atoms with Gasteiger partial charge in [-0.1, -0.05) is 42.7 Å². The molecule has 2 aromatic heterocycles. The monoisotopic (exact) mass is 587 g/mol. The number of benzene rings is 3. The largest absolute Gasteiger partial charge is 0.497 e. The van der Waals surface area contributed by atoms with E-state index in [0.29, 0.717) is 12.3 Å². The van der Waals surface area contributed by atoms with E-state index < -0.39 is 0 Å². The number of fused-ring (bicyclic) bond motifs is 2. The Kier molecular flexibility index (Phi) is 7.79.